The third kappa shape index (κ3) is 3.27. The van der Waals surface area contributed by atoms with Gasteiger partial charge in [-0.3, -0.25) is 4.68 Å². The van der Waals surface area contributed by atoms with Gasteiger partial charge in [-0.2, -0.15) is 5.10 Å². The van der Waals surface area contributed by atoms with Crippen LogP contribution in [0.4, 0.5) is 0 Å². The minimum Gasteiger partial charge on any atom is -0.384 e. The van der Waals surface area contributed by atoms with Crippen LogP contribution in [0.5, 0.6) is 0 Å². The standard InChI is InChI=1S/C16H27ClN2O2/c1-5-10-19-13(12(17)11-18-19)14(20)16(21-4)8-6-15(2,3)7-9-16/h11,14,20H,5-10H2,1-4H3. The van der Waals surface area contributed by atoms with Crippen LogP contribution in [0, 0.1) is 5.41 Å². The molecule has 0 aliphatic heterocycles. The van der Waals surface area contributed by atoms with Crippen LogP contribution in [0.25, 0.3) is 0 Å². The van der Waals surface area contributed by atoms with Crippen molar-refractivity contribution in [1.29, 1.82) is 0 Å². The van der Waals surface area contributed by atoms with E-state index in [2.05, 4.69) is 25.9 Å². The van der Waals surface area contributed by atoms with Gasteiger partial charge in [-0.1, -0.05) is 32.4 Å². The zero-order valence-corrected chi connectivity index (χ0v) is 14.3. The Bertz CT molecular complexity index is 475. The fourth-order valence-electron chi connectivity index (χ4n) is 3.22. The lowest BCUT2D eigenvalue weighted by Crippen LogP contribution is -2.44. The van der Waals surface area contributed by atoms with Gasteiger partial charge in [-0.25, -0.2) is 0 Å². The van der Waals surface area contributed by atoms with Crippen molar-refractivity contribution in [2.45, 2.75) is 71.1 Å². The molecule has 1 fully saturated rings. The molecule has 1 atom stereocenters. The molecule has 0 saturated heterocycles. The number of nitrogens with zero attached hydrogens (tertiary/aromatic N) is 2. The minimum atomic E-state index is -0.736. The van der Waals surface area contributed by atoms with E-state index in [9.17, 15) is 5.11 Å². The van der Waals surface area contributed by atoms with Crippen molar-refractivity contribution in [3.8, 4) is 0 Å². The molecule has 0 aromatic carbocycles. The number of rotatable bonds is 5. The van der Waals surface area contributed by atoms with Gasteiger partial charge in [-0.05, 0) is 37.5 Å². The monoisotopic (exact) mass is 314 g/mol. The zero-order chi connectivity index (χ0) is 15.7. The number of methoxy groups -OCH3 is 1. The number of aliphatic hydroxyl groups excluding tert-OH is 1. The van der Waals surface area contributed by atoms with E-state index in [0.717, 1.165) is 38.6 Å². The van der Waals surface area contributed by atoms with Gasteiger partial charge in [-0.15, -0.1) is 0 Å². The second kappa shape index (κ2) is 6.27. The van der Waals surface area contributed by atoms with Crippen molar-refractivity contribution in [2.24, 2.45) is 5.41 Å². The molecule has 1 aromatic heterocycles. The highest BCUT2D eigenvalue weighted by atomic mass is 35.5. The Balaban J connectivity index is 2.29. The van der Waals surface area contributed by atoms with Crippen LogP contribution in [0.2, 0.25) is 5.02 Å². The van der Waals surface area contributed by atoms with Gasteiger partial charge in [0.1, 0.15) is 6.10 Å². The second-order valence-electron chi connectivity index (χ2n) is 6.94. The molecule has 0 amide bonds. The van der Waals surface area contributed by atoms with Crippen molar-refractivity contribution in [1.82, 2.24) is 9.78 Å². The Kier molecular flexibility index (Phi) is 5.01. The molecule has 21 heavy (non-hydrogen) atoms. The summed E-state index contributed by atoms with van der Waals surface area (Å²) in [6.07, 6.45) is 5.59. The van der Waals surface area contributed by atoms with Crippen molar-refractivity contribution in [2.75, 3.05) is 7.11 Å². The summed E-state index contributed by atoms with van der Waals surface area (Å²) in [6, 6.07) is 0. The molecule has 0 bridgehead atoms. The fourth-order valence-corrected chi connectivity index (χ4v) is 3.47. The maximum atomic E-state index is 11.0. The molecule has 0 radical (unpaired) electrons. The summed E-state index contributed by atoms with van der Waals surface area (Å²) in [5.41, 5.74) is 0.458. The van der Waals surface area contributed by atoms with E-state index in [1.807, 2.05) is 4.68 Å². The van der Waals surface area contributed by atoms with Crippen molar-refractivity contribution >= 4 is 11.6 Å². The van der Waals surface area contributed by atoms with E-state index in [4.69, 9.17) is 16.3 Å². The van der Waals surface area contributed by atoms with Crippen LogP contribution in [0.3, 0.4) is 0 Å². The molecule has 4 nitrogen and oxygen atoms in total. The lowest BCUT2D eigenvalue weighted by molar-refractivity contribution is -0.140. The van der Waals surface area contributed by atoms with Gasteiger partial charge in [0.2, 0.25) is 0 Å². The average Bonchev–Trinajstić information content (AvgIpc) is 2.80. The number of halogens is 1. The Morgan fingerprint density at radius 1 is 1.38 bits per heavy atom. The smallest absolute Gasteiger partial charge is 0.126 e. The SMILES string of the molecule is CCCn1ncc(Cl)c1C(O)C1(OC)CCC(C)(C)CC1. The molecule has 1 heterocycles. The lowest BCUT2D eigenvalue weighted by Gasteiger charge is -2.45. The molecule has 0 spiro atoms. The Hall–Kier alpha value is -0.580. The summed E-state index contributed by atoms with van der Waals surface area (Å²) in [7, 11) is 1.69. The van der Waals surface area contributed by atoms with E-state index < -0.39 is 11.7 Å². The molecule has 1 unspecified atom stereocenters. The van der Waals surface area contributed by atoms with E-state index in [0.29, 0.717) is 16.1 Å². The summed E-state index contributed by atoms with van der Waals surface area (Å²) in [4.78, 5) is 0. The summed E-state index contributed by atoms with van der Waals surface area (Å²) in [5, 5.41) is 15.8. The fraction of sp³-hybridized carbons (Fsp3) is 0.812. The molecule has 5 heteroatoms. The maximum absolute atomic E-state index is 11.0. The van der Waals surface area contributed by atoms with Crippen LogP contribution in [0.15, 0.2) is 6.20 Å². The van der Waals surface area contributed by atoms with Crippen molar-refractivity contribution in [3.63, 3.8) is 0 Å². The van der Waals surface area contributed by atoms with Gasteiger partial charge >= 0.3 is 0 Å². The highest BCUT2D eigenvalue weighted by Gasteiger charge is 2.46. The first-order valence-electron chi connectivity index (χ1n) is 7.79. The Morgan fingerprint density at radius 2 is 2.00 bits per heavy atom. The van der Waals surface area contributed by atoms with E-state index in [1.54, 1.807) is 13.3 Å². The first-order valence-corrected chi connectivity index (χ1v) is 8.17. The quantitative estimate of drug-likeness (QED) is 0.894. The third-order valence-corrected chi connectivity index (χ3v) is 5.17. The summed E-state index contributed by atoms with van der Waals surface area (Å²) in [6.45, 7) is 7.38. The van der Waals surface area contributed by atoms with E-state index >= 15 is 0 Å². The number of ether oxygens (including phenoxy) is 1. The molecular weight excluding hydrogens is 288 g/mol. The first-order chi connectivity index (χ1) is 9.85. The Labute approximate surface area is 132 Å². The number of hydrogen-bond donors (Lipinski definition) is 1. The normalized spacial score (nSPS) is 22.2. The predicted molar refractivity (Wildman–Crippen MR) is 84.5 cm³/mol. The maximum Gasteiger partial charge on any atom is 0.126 e. The van der Waals surface area contributed by atoms with Crippen LogP contribution in [-0.4, -0.2) is 27.6 Å². The molecule has 120 valence electrons. The highest BCUT2D eigenvalue weighted by Crippen LogP contribution is 2.48. The topological polar surface area (TPSA) is 47.3 Å². The van der Waals surface area contributed by atoms with Crippen LogP contribution >= 0.6 is 11.6 Å². The highest BCUT2D eigenvalue weighted by molar-refractivity contribution is 6.31. The lowest BCUT2D eigenvalue weighted by atomic mass is 9.68. The number of aliphatic hydroxyl groups is 1. The number of aromatic nitrogens is 2. The molecule has 1 aromatic rings. The molecule has 2 rings (SSSR count). The molecule has 1 N–H and O–H groups in total. The van der Waals surface area contributed by atoms with Crippen molar-refractivity contribution < 1.29 is 9.84 Å². The molecular formula is C16H27ClN2O2. The zero-order valence-electron chi connectivity index (χ0n) is 13.5. The molecule has 1 aliphatic rings. The average molecular weight is 315 g/mol. The third-order valence-electron chi connectivity index (χ3n) is 4.88. The van der Waals surface area contributed by atoms with Crippen LogP contribution in [0.1, 0.15) is 64.7 Å². The van der Waals surface area contributed by atoms with E-state index in [1.165, 1.54) is 0 Å². The van der Waals surface area contributed by atoms with Gasteiger partial charge in [0.25, 0.3) is 0 Å². The van der Waals surface area contributed by atoms with Gasteiger partial charge in [0, 0.05) is 13.7 Å². The van der Waals surface area contributed by atoms with Gasteiger partial charge < -0.3 is 9.84 Å². The summed E-state index contributed by atoms with van der Waals surface area (Å²) in [5.74, 6) is 0. The van der Waals surface area contributed by atoms with Crippen molar-refractivity contribution in [3.05, 3.63) is 16.9 Å². The molecule has 1 aliphatic carbocycles. The first kappa shape index (κ1) is 16.8. The summed E-state index contributed by atoms with van der Waals surface area (Å²) < 4.78 is 7.61. The van der Waals surface area contributed by atoms with Crippen LogP contribution in [-0.2, 0) is 11.3 Å². The number of aryl methyl sites for hydroxylation is 1. The predicted octanol–water partition coefficient (Wildman–Crippen LogP) is 3.97. The number of hydrogen-bond acceptors (Lipinski definition) is 3. The Morgan fingerprint density at radius 3 is 2.52 bits per heavy atom. The largest absolute Gasteiger partial charge is 0.384 e. The summed E-state index contributed by atoms with van der Waals surface area (Å²) >= 11 is 6.27. The molecule has 1 saturated carbocycles. The van der Waals surface area contributed by atoms with Crippen LogP contribution < -0.4 is 0 Å². The van der Waals surface area contributed by atoms with Gasteiger partial charge in [0.05, 0.1) is 22.5 Å². The second-order valence-corrected chi connectivity index (χ2v) is 7.34. The van der Waals surface area contributed by atoms with Gasteiger partial charge in [0.15, 0.2) is 0 Å². The minimum absolute atomic E-state index is 0.315. The van der Waals surface area contributed by atoms with E-state index in [-0.39, 0.29) is 0 Å².